The van der Waals surface area contributed by atoms with Gasteiger partial charge in [-0.05, 0) is 26.2 Å². The lowest BCUT2D eigenvalue weighted by molar-refractivity contribution is -0.126. The summed E-state index contributed by atoms with van der Waals surface area (Å²) in [4.78, 5) is 11.8. The van der Waals surface area contributed by atoms with E-state index in [1.165, 1.54) is 0 Å². The molecule has 1 heterocycles. The highest BCUT2D eigenvalue weighted by molar-refractivity contribution is 6.20. The van der Waals surface area contributed by atoms with E-state index < -0.39 is 0 Å². The summed E-state index contributed by atoms with van der Waals surface area (Å²) in [5.41, 5.74) is 0. The van der Waals surface area contributed by atoms with Crippen molar-refractivity contribution in [1.29, 1.82) is 0 Å². The molecule has 1 aliphatic rings. The lowest BCUT2D eigenvalue weighted by atomic mass is 9.99. The summed E-state index contributed by atoms with van der Waals surface area (Å²) in [7, 11) is 0. The highest BCUT2D eigenvalue weighted by Crippen LogP contribution is 2.23. The number of nitrogens with one attached hydrogen (secondary N) is 1. The molecular weight excluding hydrogens is 214 g/mol. The van der Waals surface area contributed by atoms with Gasteiger partial charge in [-0.15, -0.1) is 11.6 Å². The Morgan fingerprint density at radius 1 is 1.67 bits per heavy atom. The van der Waals surface area contributed by atoms with Gasteiger partial charge in [0.25, 0.3) is 0 Å². The molecule has 0 radical (unpaired) electrons. The van der Waals surface area contributed by atoms with E-state index in [0.717, 1.165) is 19.3 Å². The Morgan fingerprint density at radius 3 is 3.00 bits per heavy atom. The molecule has 0 saturated carbocycles. The SMILES string of the molecule is CCC1OCCC1C(=O)NCCC(C)Cl. The third-order valence-electron chi connectivity index (χ3n) is 2.79. The number of ether oxygens (including phenoxy) is 1. The second kappa shape index (κ2) is 6.33. The van der Waals surface area contributed by atoms with Crippen molar-refractivity contribution in [2.45, 2.75) is 44.6 Å². The highest BCUT2D eigenvalue weighted by atomic mass is 35.5. The van der Waals surface area contributed by atoms with Gasteiger partial charge >= 0.3 is 0 Å². The van der Waals surface area contributed by atoms with Crippen LogP contribution in [0.1, 0.15) is 33.1 Å². The van der Waals surface area contributed by atoms with E-state index in [1.807, 2.05) is 6.92 Å². The molecule has 4 heteroatoms. The number of halogens is 1. The molecule has 15 heavy (non-hydrogen) atoms. The molecule has 3 atom stereocenters. The monoisotopic (exact) mass is 233 g/mol. The first-order chi connectivity index (χ1) is 7.15. The summed E-state index contributed by atoms with van der Waals surface area (Å²) < 4.78 is 5.48. The summed E-state index contributed by atoms with van der Waals surface area (Å²) in [5.74, 6) is 0.164. The van der Waals surface area contributed by atoms with E-state index in [1.54, 1.807) is 0 Å². The average Bonchev–Trinajstić information content (AvgIpc) is 2.64. The van der Waals surface area contributed by atoms with E-state index in [2.05, 4.69) is 12.2 Å². The van der Waals surface area contributed by atoms with Gasteiger partial charge in [-0.3, -0.25) is 4.79 Å². The lowest BCUT2D eigenvalue weighted by Crippen LogP contribution is -2.36. The smallest absolute Gasteiger partial charge is 0.225 e. The Kier molecular flexibility index (Phi) is 5.40. The van der Waals surface area contributed by atoms with Crippen LogP contribution in [0, 0.1) is 5.92 Å². The molecule has 1 aliphatic heterocycles. The molecule has 88 valence electrons. The van der Waals surface area contributed by atoms with Crippen molar-refractivity contribution in [2.24, 2.45) is 5.92 Å². The molecule has 1 rings (SSSR count). The fraction of sp³-hybridized carbons (Fsp3) is 0.909. The van der Waals surface area contributed by atoms with E-state index in [-0.39, 0.29) is 23.3 Å². The Balaban J connectivity index is 2.27. The van der Waals surface area contributed by atoms with Crippen LogP contribution in [-0.4, -0.2) is 30.5 Å². The molecule has 0 aromatic heterocycles. The van der Waals surface area contributed by atoms with Crippen molar-refractivity contribution in [3.8, 4) is 0 Å². The predicted molar refractivity (Wildman–Crippen MR) is 61.1 cm³/mol. The number of alkyl halides is 1. The Labute approximate surface area is 96.5 Å². The molecule has 1 saturated heterocycles. The highest BCUT2D eigenvalue weighted by Gasteiger charge is 2.32. The van der Waals surface area contributed by atoms with Crippen molar-refractivity contribution < 1.29 is 9.53 Å². The zero-order chi connectivity index (χ0) is 11.3. The zero-order valence-electron chi connectivity index (χ0n) is 9.46. The molecule has 1 amide bonds. The lowest BCUT2D eigenvalue weighted by Gasteiger charge is -2.16. The molecule has 3 unspecified atom stereocenters. The molecule has 1 N–H and O–H groups in total. The van der Waals surface area contributed by atoms with E-state index in [4.69, 9.17) is 16.3 Å². The Hall–Kier alpha value is -0.280. The fourth-order valence-electron chi connectivity index (χ4n) is 1.88. The van der Waals surface area contributed by atoms with Crippen LogP contribution < -0.4 is 5.32 Å². The molecule has 0 bridgehead atoms. The van der Waals surface area contributed by atoms with Gasteiger partial charge in [0.15, 0.2) is 0 Å². The summed E-state index contributed by atoms with van der Waals surface area (Å²) >= 11 is 5.80. The normalized spacial score (nSPS) is 27.7. The largest absolute Gasteiger partial charge is 0.377 e. The minimum absolute atomic E-state index is 0.0423. The second-order valence-electron chi connectivity index (χ2n) is 4.07. The molecule has 0 aromatic carbocycles. The van der Waals surface area contributed by atoms with E-state index in [9.17, 15) is 4.79 Å². The number of hydrogen-bond donors (Lipinski definition) is 1. The average molecular weight is 234 g/mol. The molecule has 0 aromatic rings. The van der Waals surface area contributed by atoms with Gasteiger partial charge in [0, 0.05) is 18.5 Å². The minimum atomic E-state index is 0.0423. The van der Waals surface area contributed by atoms with Gasteiger partial charge in [-0.25, -0.2) is 0 Å². The number of carbonyl (C=O) groups excluding carboxylic acids is 1. The summed E-state index contributed by atoms with van der Waals surface area (Å²) in [5, 5.41) is 3.03. The van der Waals surface area contributed by atoms with Crippen LogP contribution in [0.5, 0.6) is 0 Å². The van der Waals surface area contributed by atoms with Crippen molar-refractivity contribution >= 4 is 17.5 Å². The summed E-state index contributed by atoms with van der Waals surface area (Å²) in [6.45, 7) is 5.36. The molecule has 0 aliphatic carbocycles. The third-order valence-corrected chi connectivity index (χ3v) is 3.01. The maximum Gasteiger partial charge on any atom is 0.225 e. The van der Waals surface area contributed by atoms with Gasteiger partial charge in [-0.2, -0.15) is 0 Å². The molecular formula is C11H20ClNO2. The first kappa shape index (κ1) is 12.8. The van der Waals surface area contributed by atoms with Crippen LogP contribution in [0.15, 0.2) is 0 Å². The van der Waals surface area contributed by atoms with Crippen LogP contribution in [0.25, 0.3) is 0 Å². The summed E-state index contributed by atoms with van der Waals surface area (Å²) in [6.07, 6.45) is 2.68. The first-order valence-corrected chi connectivity index (χ1v) is 6.12. The van der Waals surface area contributed by atoms with Crippen molar-refractivity contribution in [3.05, 3.63) is 0 Å². The fourth-order valence-corrected chi connectivity index (χ4v) is 1.99. The van der Waals surface area contributed by atoms with Crippen LogP contribution in [-0.2, 0) is 9.53 Å². The number of amides is 1. The van der Waals surface area contributed by atoms with Gasteiger partial charge in [0.2, 0.25) is 5.91 Å². The van der Waals surface area contributed by atoms with Gasteiger partial charge in [0.1, 0.15) is 0 Å². The van der Waals surface area contributed by atoms with Crippen LogP contribution in [0.3, 0.4) is 0 Å². The summed E-state index contributed by atoms with van der Waals surface area (Å²) in [6, 6.07) is 0. The minimum Gasteiger partial charge on any atom is -0.377 e. The molecule has 3 nitrogen and oxygen atoms in total. The zero-order valence-corrected chi connectivity index (χ0v) is 10.2. The standard InChI is InChI=1S/C11H20ClNO2/c1-3-10-9(5-7-15-10)11(14)13-6-4-8(2)12/h8-10H,3-7H2,1-2H3,(H,13,14). The Bertz CT molecular complexity index is 209. The maximum atomic E-state index is 11.8. The Morgan fingerprint density at radius 2 is 2.40 bits per heavy atom. The number of rotatable bonds is 5. The van der Waals surface area contributed by atoms with Crippen molar-refractivity contribution in [1.82, 2.24) is 5.32 Å². The van der Waals surface area contributed by atoms with Crippen molar-refractivity contribution in [3.63, 3.8) is 0 Å². The van der Waals surface area contributed by atoms with Gasteiger partial charge in [0.05, 0.1) is 12.0 Å². The van der Waals surface area contributed by atoms with E-state index in [0.29, 0.717) is 13.2 Å². The molecule has 0 spiro atoms. The van der Waals surface area contributed by atoms with Gasteiger partial charge in [-0.1, -0.05) is 6.92 Å². The second-order valence-corrected chi connectivity index (χ2v) is 4.82. The topological polar surface area (TPSA) is 38.3 Å². The first-order valence-electron chi connectivity index (χ1n) is 5.68. The predicted octanol–water partition coefficient (Wildman–Crippen LogP) is 1.94. The van der Waals surface area contributed by atoms with Crippen LogP contribution >= 0.6 is 11.6 Å². The quantitative estimate of drug-likeness (QED) is 0.737. The number of hydrogen-bond acceptors (Lipinski definition) is 2. The van der Waals surface area contributed by atoms with Crippen molar-refractivity contribution in [2.75, 3.05) is 13.2 Å². The maximum absolute atomic E-state index is 11.8. The number of carbonyl (C=O) groups is 1. The van der Waals surface area contributed by atoms with Gasteiger partial charge < -0.3 is 10.1 Å². The molecule has 1 fully saturated rings. The van der Waals surface area contributed by atoms with Crippen LogP contribution in [0.4, 0.5) is 0 Å². The van der Waals surface area contributed by atoms with E-state index >= 15 is 0 Å². The van der Waals surface area contributed by atoms with Crippen LogP contribution in [0.2, 0.25) is 0 Å². The third kappa shape index (κ3) is 3.99.